The minimum Gasteiger partial charge on any atom is -0.367 e. The Morgan fingerprint density at radius 3 is 2.62 bits per heavy atom. The summed E-state index contributed by atoms with van der Waals surface area (Å²) in [6.07, 6.45) is 6.11. The van der Waals surface area contributed by atoms with Crippen LogP contribution in [0.1, 0.15) is 25.7 Å². The molecule has 0 amide bonds. The van der Waals surface area contributed by atoms with Gasteiger partial charge in [0.05, 0.1) is 10.6 Å². The standard InChI is InChI=1S/C16H24N2O2S/c1-21(19,20)16-7-3-2-6-15(16)18(14-8-9-14)12-13-5-4-10-17-11-13/h2-3,6-7,13-14,17H,4-5,8-12H2,1H3. The lowest BCUT2D eigenvalue weighted by Crippen LogP contribution is -2.39. The van der Waals surface area contributed by atoms with E-state index in [9.17, 15) is 8.42 Å². The average Bonchev–Trinajstić information content (AvgIpc) is 3.30. The second-order valence-electron chi connectivity index (χ2n) is 6.34. The molecule has 1 aliphatic carbocycles. The molecule has 1 N–H and O–H groups in total. The number of anilines is 1. The Kier molecular flexibility index (Phi) is 4.22. The van der Waals surface area contributed by atoms with Crippen LogP contribution in [0.25, 0.3) is 0 Å². The molecule has 4 nitrogen and oxygen atoms in total. The van der Waals surface area contributed by atoms with Crippen molar-refractivity contribution in [3.8, 4) is 0 Å². The van der Waals surface area contributed by atoms with Gasteiger partial charge in [-0.25, -0.2) is 8.42 Å². The molecule has 1 aromatic carbocycles. The van der Waals surface area contributed by atoms with E-state index in [1.165, 1.54) is 31.9 Å². The molecule has 0 spiro atoms. The number of nitrogens with zero attached hydrogens (tertiary/aromatic N) is 1. The van der Waals surface area contributed by atoms with Crippen molar-refractivity contribution in [3.63, 3.8) is 0 Å². The fourth-order valence-corrected chi connectivity index (χ4v) is 4.09. The molecule has 1 heterocycles. The van der Waals surface area contributed by atoms with Gasteiger partial charge in [-0.1, -0.05) is 12.1 Å². The van der Waals surface area contributed by atoms with Gasteiger partial charge >= 0.3 is 0 Å². The number of sulfone groups is 1. The van der Waals surface area contributed by atoms with E-state index in [0.29, 0.717) is 16.9 Å². The minimum atomic E-state index is -3.18. The molecular weight excluding hydrogens is 284 g/mol. The Balaban J connectivity index is 1.87. The van der Waals surface area contributed by atoms with Gasteiger partial charge in [0.1, 0.15) is 0 Å². The lowest BCUT2D eigenvalue weighted by Gasteiger charge is -2.32. The molecule has 21 heavy (non-hydrogen) atoms. The first-order chi connectivity index (χ1) is 10.1. The number of rotatable bonds is 5. The van der Waals surface area contributed by atoms with Crippen molar-refractivity contribution in [1.29, 1.82) is 0 Å². The van der Waals surface area contributed by atoms with Crippen molar-refractivity contribution < 1.29 is 8.42 Å². The molecule has 0 bridgehead atoms. The van der Waals surface area contributed by atoms with Gasteiger partial charge in [-0.2, -0.15) is 0 Å². The Hall–Kier alpha value is -1.07. The van der Waals surface area contributed by atoms with E-state index in [4.69, 9.17) is 0 Å². The summed E-state index contributed by atoms with van der Waals surface area (Å²) in [5, 5.41) is 3.45. The quantitative estimate of drug-likeness (QED) is 0.904. The number of para-hydroxylation sites is 1. The summed E-state index contributed by atoms with van der Waals surface area (Å²) < 4.78 is 24.1. The van der Waals surface area contributed by atoms with Crippen molar-refractivity contribution in [2.75, 3.05) is 30.8 Å². The van der Waals surface area contributed by atoms with E-state index < -0.39 is 9.84 Å². The van der Waals surface area contributed by atoms with Crippen molar-refractivity contribution in [2.24, 2.45) is 5.92 Å². The van der Waals surface area contributed by atoms with Crippen LogP contribution in [0.3, 0.4) is 0 Å². The van der Waals surface area contributed by atoms with Gasteiger partial charge in [-0.05, 0) is 56.8 Å². The predicted molar refractivity (Wildman–Crippen MR) is 85.5 cm³/mol. The number of piperidine rings is 1. The predicted octanol–water partition coefficient (Wildman–Crippen LogP) is 2.06. The SMILES string of the molecule is CS(=O)(=O)c1ccccc1N(CC1CCCNC1)C1CC1. The molecule has 0 aromatic heterocycles. The van der Waals surface area contributed by atoms with Crippen LogP contribution in [0.5, 0.6) is 0 Å². The van der Waals surface area contributed by atoms with Crippen LogP contribution in [-0.4, -0.2) is 40.3 Å². The highest BCUT2D eigenvalue weighted by atomic mass is 32.2. The van der Waals surface area contributed by atoms with E-state index in [0.717, 1.165) is 25.3 Å². The van der Waals surface area contributed by atoms with Gasteiger partial charge in [0, 0.05) is 18.8 Å². The summed E-state index contributed by atoms with van der Waals surface area (Å²) in [7, 11) is -3.18. The summed E-state index contributed by atoms with van der Waals surface area (Å²) in [6, 6.07) is 7.98. The van der Waals surface area contributed by atoms with E-state index in [1.807, 2.05) is 18.2 Å². The zero-order chi connectivity index (χ0) is 14.9. The third-order valence-corrected chi connectivity index (χ3v) is 5.56. The molecule has 1 unspecified atom stereocenters. The van der Waals surface area contributed by atoms with Crippen LogP contribution in [0, 0.1) is 5.92 Å². The highest BCUT2D eigenvalue weighted by Crippen LogP contribution is 2.36. The fraction of sp³-hybridized carbons (Fsp3) is 0.625. The first-order valence-corrected chi connectivity index (χ1v) is 9.71. The average molecular weight is 308 g/mol. The maximum Gasteiger partial charge on any atom is 0.177 e. The third-order valence-electron chi connectivity index (χ3n) is 4.42. The normalized spacial score (nSPS) is 23.0. The molecule has 5 heteroatoms. The van der Waals surface area contributed by atoms with E-state index in [2.05, 4.69) is 10.2 Å². The highest BCUT2D eigenvalue weighted by molar-refractivity contribution is 7.90. The molecule has 1 aromatic rings. The third kappa shape index (κ3) is 3.58. The van der Waals surface area contributed by atoms with Crippen LogP contribution in [0.2, 0.25) is 0 Å². The van der Waals surface area contributed by atoms with E-state index in [-0.39, 0.29) is 0 Å². The smallest absolute Gasteiger partial charge is 0.177 e. The van der Waals surface area contributed by atoms with Crippen molar-refractivity contribution in [3.05, 3.63) is 24.3 Å². The van der Waals surface area contributed by atoms with Crippen LogP contribution >= 0.6 is 0 Å². The maximum atomic E-state index is 12.1. The molecule has 1 saturated heterocycles. The van der Waals surface area contributed by atoms with E-state index in [1.54, 1.807) is 6.07 Å². The molecule has 116 valence electrons. The number of benzene rings is 1. The number of hydrogen-bond acceptors (Lipinski definition) is 4. The van der Waals surface area contributed by atoms with Crippen molar-refractivity contribution in [2.45, 2.75) is 36.6 Å². The topological polar surface area (TPSA) is 49.4 Å². The van der Waals surface area contributed by atoms with Crippen LogP contribution in [-0.2, 0) is 9.84 Å². The largest absolute Gasteiger partial charge is 0.367 e. The van der Waals surface area contributed by atoms with Crippen LogP contribution in [0.15, 0.2) is 29.2 Å². The monoisotopic (exact) mass is 308 g/mol. The van der Waals surface area contributed by atoms with Gasteiger partial charge in [-0.15, -0.1) is 0 Å². The van der Waals surface area contributed by atoms with Gasteiger partial charge < -0.3 is 10.2 Å². The second-order valence-corrected chi connectivity index (χ2v) is 8.32. The van der Waals surface area contributed by atoms with Crippen LogP contribution < -0.4 is 10.2 Å². The lowest BCUT2D eigenvalue weighted by molar-refractivity contribution is 0.375. The van der Waals surface area contributed by atoms with Gasteiger partial charge in [0.15, 0.2) is 9.84 Å². The summed E-state index contributed by atoms with van der Waals surface area (Å²) in [5.41, 5.74) is 0.896. The zero-order valence-electron chi connectivity index (χ0n) is 12.6. The van der Waals surface area contributed by atoms with Gasteiger partial charge in [0.2, 0.25) is 0 Å². The molecule has 2 aliphatic rings. The molecular formula is C16H24N2O2S. The van der Waals surface area contributed by atoms with Crippen molar-refractivity contribution >= 4 is 15.5 Å². The first kappa shape index (κ1) is 14.9. The van der Waals surface area contributed by atoms with Gasteiger partial charge in [0.25, 0.3) is 0 Å². The summed E-state index contributed by atoms with van der Waals surface area (Å²) >= 11 is 0. The zero-order valence-corrected chi connectivity index (χ0v) is 13.4. The number of nitrogens with one attached hydrogen (secondary N) is 1. The molecule has 3 rings (SSSR count). The minimum absolute atomic E-state index is 0.473. The van der Waals surface area contributed by atoms with Gasteiger partial charge in [-0.3, -0.25) is 0 Å². The molecule has 1 atom stereocenters. The molecule has 0 radical (unpaired) electrons. The Morgan fingerprint density at radius 1 is 1.24 bits per heavy atom. The summed E-state index contributed by atoms with van der Waals surface area (Å²) in [6.45, 7) is 3.12. The molecule has 2 fully saturated rings. The second kappa shape index (κ2) is 5.97. The Morgan fingerprint density at radius 2 is 2.00 bits per heavy atom. The Bertz CT molecular complexity index is 590. The number of hydrogen-bond donors (Lipinski definition) is 1. The van der Waals surface area contributed by atoms with Crippen molar-refractivity contribution in [1.82, 2.24) is 5.32 Å². The van der Waals surface area contributed by atoms with Crippen LogP contribution in [0.4, 0.5) is 5.69 Å². The highest BCUT2D eigenvalue weighted by Gasteiger charge is 2.33. The molecule has 1 saturated carbocycles. The van der Waals surface area contributed by atoms with E-state index >= 15 is 0 Å². The first-order valence-electron chi connectivity index (χ1n) is 7.82. The summed E-state index contributed by atoms with van der Waals surface area (Å²) in [4.78, 5) is 2.81. The Labute approximate surface area is 127 Å². The molecule has 1 aliphatic heterocycles. The fourth-order valence-electron chi connectivity index (χ4n) is 3.20. The summed E-state index contributed by atoms with van der Waals surface area (Å²) in [5.74, 6) is 0.618. The lowest BCUT2D eigenvalue weighted by atomic mass is 9.98. The maximum absolute atomic E-state index is 12.1.